The Hall–Kier alpha value is 0.170. The normalized spacial score (nSPS) is 9.82. The van der Waals surface area contributed by atoms with Gasteiger partial charge in [0.15, 0.2) is 6.29 Å². The van der Waals surface area contributed by atoms with Crippen molar-refractivity contribution in [2.24, 2.45) is 0 Å². The fraction of sp³-hybridized carbons (Fsp3) is 1.00. The van der Waals surface area contributed by atoms with Gasteiger partial charge in [0.2, 0.25) is 0 Å². The Labute approximate surface area is 74.9 Å². The lowest BCUT2D eigenvalue weighted by atomic mass is 10.6. The van der Waals surface area contributed by atoms with Crippen molar-refractivity contribution >= 4 is 12.4 Å². The van der Waals surface area contributed by atoms with E-state index in [1.807, 2.05) is 20.9 Å². The lowest BCUT2D eigenvalue weighted by molar-refractivity contribution is -0.132. The summed E-state index contributed by atoms with van der Waals surface area (Å²) in [6.45, 7) is 6.07. The van der Waals surface area contributed by atoms with Crippen LogP contribution in [-0.2, 0) is 9.47 Å². The van der Waals surface area contributed by atoms with E-state index in [9.17, 15) is 0 Å². The van der Waals surface area contributed by atoms with Gasteiger partial charge in [0.1, 0.15) is 0 Å². The maximum Gasteiger partial charge on any atom is 0.169 e. The topological polar surface area (TPSA) is 30.5 Å². The zero-order chi connectivity index (χ0) is 7.82. The largest absolute Gasteiger partial charge is 0.352 e. The predicted octanol–water partition coefficient (Wildman–Crippen LogP) is 1.03. The van der Waals surface area contributed by atoms with Crippen LogP contribution in [0.15, 0.2) is 0 Å². The number of rotatable bonds is 6. The molecule has 0 rings (SSSR count). The van der Waals surface area contributed by atoms with E-state index in [1.165, 1.54) is 0 Å². The minimum atomic E-state index is -0.0833. The number of ether oxygens (including phenoxy) is 2. The van der Waals surface area contributed by atoms with Gasteiger partial charge in [-0.05, 0) is 20.9 Å². The van der Waals surface area contributed by atoms with Crippen molar-refractivity contribution in [1.82, 2.24) is 5.32 Å². The average molecular weight is 184 g/mol. The van der Waals surface area contributed by atoms with Crippen LogP contribution in [0.1, 0.15) is 13.8 Å². The summed E-state index contributed by atoms with van der Waals surface area (Å²) in [6.07, 6.45) is -0.0833. The van der Waals surface area contributed by atoms with E-state index in [0.717, 1.165) is 6.54 Å². The van der Waals surface area contributed by atoms with Crippen molar-refractivity contribution in [3.8, 4) is 0 Å². The van der Waals surface area contributed by atoms with Gasteiger partial charge < -0.3 is 14.8 Å². The molecule has 0 bridgehead atoms. The summed E-state index contributed by atoms with van der Waals surface area (Å²) in [5.74, 6) is 0. The average Bonchev–Trinajstić information content (AvgIpc) is 1.90. The fourth-order valence-corrected chi connectivity index (χ4v) is 0.704. The predicted molar refractivity (Wildman–Crippen MR) is 48.2 cm³/mol. The summed E-state index contributed by atoms with van der Waals surface area (Å²) in [5, 5.41) is 2.99. The third kappa shape index (κ3) is 8.07. The summed E-state index contributed by atoms with van der Waals surface area (Å²) < 4.78 is 10.5. The summed E-state index contributed by atoms with van der Waals surface area (Å²) >= 11 is 0. The molecule has 0 aromatic carbocycles. The van der Waals surface area contributed by atoms with Crippen molar-refractivity contribution in [1.29, 1.82) is 0 Å². The van der Waals surface area contributed by atoms with Crippen LogP contribution in [0.25, 0.3) is 0 Å². The molecule has 4 heteroatoms. The second-order valence-electron chi connectivity index (χ2n) is 1.90. The lowest BCUT2D eigenvalue weighted by Gasteiger charge is -2.15. The highest BCUT2D eigenvalue weighted by Crippen LogP contribution is 1.91. The molecule has 0 atom stereocenters. The van der Waals surface area contributed by atoms with Gasteiger partial charge in [-0.1, -0.05) is 0 Å². The molecule has 0 aliphatic heterocycles. The molecule has 0 radical (unpaired) electrons. The maximum atomic E-state index is 5.24. The first kappa shape index (κ1) is 13.7. The van der Waals surface area contributed by atoms with Crippen LogP contribution in [0.2, 0.25) is 0 Å². The molecule has 0 saturated heterocycles. The van der Waals surface area contributed by atoms with E-state index in [4.69, 9.17) is 9.47 Å². The van der Waals surface area contributed by atoms with Crippen LogP contribution in [0.5, 0.6) is 0 Å². The minimum absolute atomic E-state index is 0. The monoisotopic (exact) mass is 183 g/mol. The van der Waals surface area contributed by atoms with E-state index < -0.39 is 0 Å². The van der Waals surface area contributed by atoms with E-state index in [1.54, 1.807) is 0 Å². The Kier molecular flexibility index (Phi) is 12.7. The molecule has 70 valence electrons. The van der Waals surface area contributed by atoms with E-state index in [0.29, 0.717) is 13.2 Å². The highest BCUT2D eigenvalue weighted by molar-refractivity contribution is 5.85. The van der Waals surface area contributed by atoms with Gasteiger partial charge in [0, 0.05) is 19.8 Å². The Morgan fingerprint density at radius 1 is 1.18 bits per heavy atom. The SMILES string of the molecule is CCOC(CNC)OCC.Cl. The van der Waals surface area contributed by atoms with Crippen molar-refractivity contribution < 1.29 is 9.47 Å². The van der Waals surface area contributed by atoms with Crippen molar-refractivity contribution in [2.45, 2.75) is 20.1 Å². The quantitative estimate of drug-likeness (QED) is 0.624. The van der Waals surface area contributed by atoms with Crippen LogP contribution in [0.4, 0.5) is 0 Å². The van der Waals surface area contributed by atoms with Gasteiger partial charge in [0.05, 0.1) is 0 Å². The van der Waals surface area contributed by atoms with Gasteiger partial charge in [-0.25, -0.2) is 0 Å². The second kappa shape index (κ2) is 10.2. The number of halogens is 1. The molecule has 1 N–H and O–H groups in total. The van der Waals surface area contributed by atoms with Gasteiger partial charge >= 0.3 is 0 Å². The number of likely N-dealkylation sites (N-methyl/N-ethyl adjacent to an activating group) is 1. The van der Waals surface area contributed by atoms with Gasteiger partial charge in [-0.15, -0.1) is 12.4 Å². The van der Waals surface area contributed by atoms with E-state index in [2.05, 4.69) is 5.32 Å². The molecule has 0 aliphatic carbocycles. The van der Waals surface area contributed by atoms with Gasteiger partial charge in [-0.2, -0.15) is 0 Å². The van der Waals surface area contributed by atoms with Gasteiger partial charge in [-0.3, -0.25) is 0 Å². The maximum absolute atomic E-state index is 5.24. The zero-order valence-corrected chi connectivity index (χ0v) is 8.24. The minimum Gasteiger partial charge on any atom is -0.352 e. The van der Waals surface area contributed by atoms with E-state index in [-0.39, 0.29) is 18.7 Å². The molecule has 0 aromatic heterocycles. The first-order valence-corrected chi connectivity index (χ1v) is 3.72. The Morgan fingerprint density at radius 2 is 1.64 bits per heavy atom. The Morgan fingerprint density at radius 3 is 1.91 bits per heavy atom. The molecule has 0 aliphatic rings. The third-order valence-electron chi connectivity index (χ3n) is 1.08. The highest BCUT2D eigenvalue weighted by Gasteiger charge is 2.03. The van der Waals surface area contributed by atoms with Crippen LogP contribution < -0.4 is 5.32 Å². The van der Waals surface area contributed by atoms with Crippen molar-refractivity contribution in [3.63, 3.8) is 0 Å². The van der Waals surface area contributed by atoms with E-state index >= 15 is 0 Å². The smallest absolute Gasteiger partial charge is 0.169 e. The molecule has 0 unspecified atom stereocenters. The highest BCUT2D eigenvalue weighted by atomic mass is 35.5. The summed E-state index contributed by atoms with van der Waals surface area (Å²) in [6, 6.07) is 0. The summed E-state index contributed by atoms with van der Waals surface area (Å²) in [4.78, 5) is 0. The molecular formula is C7H18ClNO2. The van der Waals surface area contributed by atoms with Crippen molar-refractivity contribution in [2.75, 3.05) is 26.8 Å². The summed E-state index contributed by atoms with van der Waals surface area (Å²) in [5.41, 5.74) is 0. The zero-order valence-electron chi connectivity index (χ0n) is 7.42. The van der Waals surface area contributed by atoms with Crippen LogP contribution in [0, 0.1) is 0 Å². The molecule has 0 amide bonds. The van der Waals surface area contributed by atoms with Crippen molar-refractivity contribution in [3.05, 3.63) is 0 Å². The third-order valence-corrected chi connectivity index (χ3v) is 1.08. The molecule has 3 nitrogen and oxygen atoms in total. The summed E-state index contributed by atoms with van der Waals surface area (Å²) in [7, 11) is 1.88. The van der Waals surface area contributed by atoms with Gasteiger partial charge in [0.25, 0.3) is 0 Å². The molecule has 0 heterocycles. The van der Waals surface area contributed by atoms with Crippen LogP contribution >= 0.6 is 12.4 Å². The molecular weight excluding hydrogens is 166 g/mol. The number of hydrogen-bond acceptors (Lipinski definition) is 3. The number of hydrogen-bond donors (Lipinski definition) is 1. The first-order valence-electron chi connectivity index (χ1n) is 3.72. The molecule has 0 fully saturated rings. The Balaban J connectivity index is 0. The van der Waals surface area contributed by atoms with Crippen LogP contribution in [-0.4, -0.2) is 33.1 Å². The van der Waals surface area contributed by atoms with Crippen LogP contribution in [0.3, 0.4) is 0 Å². The number of nitrogens with one attached hydrogen (secondary N) is 1. The fourth-order valence-electron chi connectivity index (χ4n) is 0.704. The lowest BCUT2D eigenvalue weighted by Crippen LogP contribution is -2.29. The Bertz CT molecular complexity index is 59.2. The molecule has 11 heavy (non-hydrogen) atoms. The molecule has 0 aromatic rings. The second-order valence-corrected chi connectivity index (χ2v) is 1.90. The first-order chi connectivity index (χ1) is 4.85. The standard InChI is InChI=1S/C7H17NO2.ClH/c1-4-9-7(6-8-3)10-5-2;/h7-8H,4-6H2,1-3H3;1H. The molecule has 0 saturated carbocycles. The molecule has 0 spiro atoms.